The summed E-state index contributed by atoms with van der Waals surface area (Å²) in [6, 6.07) is 0.550. The highest BCUT2D eigenvalue weighted by Crippen LogP contribution is 2.28. The monoisotopic (exact) mass is 340 g/mol. The Morgan fingerprint density at radius 3 is 3.00 bits per heavy atom. The van der Waals surface area contributed by atoms with Crippen molar-refractivity contribution in [1.29, 1.82) is 0 Å². The molecule has 1 fully saturated rings. The molecule has 0 aromatic carbocycles. The molecule has 0 spiro atoms. The number of hydrogen-bond acceptors (Lipinski definition) is 4. The Labute approximate surface area is 142 Å². The third-order valence-electron chi connectivity index (χ3n) is 3.76. The van der Waals surface area contributed by atoms with Crippen molar-refractivity contribution in [3.05, 3.63) is 16.1 Å². The Bertz CT molecular complexity index is 470. The minimum atomic E-state index is 0.550. The van der Waals surface area contributed by atoms with Gasteiger partial charge < -0.3 is 10.6 Å². The molecule has 1 aromatic rings. The van der Waals surface area contributed by atoms with E-state index in [1.807, 2.05) is 6.20 Å². The van der Waals surface area contributed by atoms with Gasteiger partial charge in [0.25, 0.3) is 0 Å². The highest BCUT2D eigenvalue weighted by atomic mass is 32.2. The summed E-state index contributed by atoms with van der Waals surface area (Å²) in [4.78, 5) is 10.3. The normalized spacial score (nSPS) is 22.6. The van der Waals surface area contributed by atoms with Crippen LogP contribution in [0.3, 0.4) is 0 Å². The van der Waals surface area contributed by atoms with Gasteiger partial charge >= 0.3 is 0 Å². The molecule has 1 aromatic heterocycles. The quantitative estimate of drug-likeness (QED) is 0.614. The number of rotatable bonds is 6. The molecule has 1 aliphatic carbocycles. The number of aromatic nitrogens is 1. The average Bonchev–Trinajstić information content (AvgIpc) is 2.91. The zero-order valence-corrected chi connectivity index (χ0v) is 15.5. The van der Waals surface area contributed by atoms with Crippen LogP contribution in [-0.2, 0) is 6.54 Å². The zero-order chi connectivity index (χ0) is 15.8. The van der Waals surface area contributed by atoms with Crippen LogP contribution in [0.2, 0.25) is 0 Å². The summed E-state index contributed by atoms with van der Waals surface area (Å²) in [6.07, 6.45) is 7.10. The largest absolute Gasteiger partial charge is 0.357 e. The van der Waals surface area contributed by atoms with Crippen molar-refractivity contribution in [2.75, 3.05) is 12.3 Å². The maximum atomic E-state index is 4.70. The molecule has 1 saturated carbocycles. The van der Waals surface area contributed by atoms with Crippen LogP contribution in [0.5, 0.6) is 0 Å². The summed E-state index contributed by atoms with van der Waals surface area (Å²) >= 11 is 3.82. The van der Waals surface area contributed by atoms with Gasteiger partial charge in [-0.1, -0.05) is 13.3 Å². The van der Waals surface area contributed by atoms with Crippen LogP contribution >= 0.6 is 23.1 Å². The molecule has 2 unspecified atom stereocenters. The lowest BCUT2D eigenvalue weighted by atomic mass is 9.95. The first kappa shape index (κ1) is 17.6. The predicted molar refractivity (Wildman–Crippen MR) is 99.0 cm³/mol. The lowest BCUT2D eigenvalue weighted by molar-refractivity contribution is 0.419. The van der Waals surface area contributed by atoms with E-state index in [0.717, 1.165) is 22.8 Å². The maximum absolute atomic E-state index is 4.70. The van der Waals surface area contributed by atoms with E-state index in [-0.39, 0.29) is 0 Å². The molecule has 2 atom stereocenters. The van der Waals surface area contributed by atoms with Crippen molar-refractivity contribution < 1.29 is 0 Å². The zero-order valence-electron chi connectivity index (χ0n) is 13.9. The van der Waals surface area contributed by atoms with Gasteiger partial charge in [-0.25, -0.2) is 9.98 Å². The topological polar surface area (TPSA) is 49.3 Å². The third kappa shape index (κ3) is 5.80. The second-order valence-electron chi connectivity index (χ2n) is 5.65. The van der Waals surface area contributed by atoms with Gasteiger partial charge in [-0.15, -0.1) is 11.3 Å². The summed E-state index contributed by atoms with van der Waals surface area (Å²) in [6.45, 7) is 8.00. The van der Waals surface area contributed by atoms with Crippen LogP contribution in [0, 0.1) is 6.92 Å². The molecule has 2 rings (SSSR count). The second kappa shape index (κ2) is 9.40. The molecule has 0 radical (unpaired) electrons. The van der Waals surface area contributed by atoms with Crippen LogP contribution in [0.1, 0.15) is 49.4 Å². The number of nitrogens with zero attached hydrogens (tertiary/aromatic N) is 2. The molecule has 2 N–H and O–H groups in total. The van der Waals surface area contributed by atoms with E-state index in [0.29, 0.717) is 12.6 Å². The van der Waals surface area contributed by atoms with Gasteiger partial charge in [-0.3, -0.25) is 0 Å². The van der Waals surface area contributed by atoms with Gasteiger partial charge in [0, 0.05) is 28.9 Å². The van der Waals surface area contributed by atoms with Gasteiger partial charge in [0.1, 0.15) is 5.01 Å². The molecule has 0 bridgehead atoms. The molecule has 4 nitrogen and oxygen atoms in total. The number of thioether (sulfide) groups is 1. The van der Waals surface area contributed by atoms with Crippen molar-refractivity contribution in [3.63, 3.8) is 0 Å². The summed E-state index contributed by atoms with van der Waals surface area (Å²) < 4.78 is 0. The molecular weight excluding hydrogens is 312 g/mol. The van der Waals surface area contributed by atoms with E-state index < -0.39 is 0 Å². The first-order valence-corrected chi connectivity index (χ1v) is 10.2. The number of guanidine groups is 1. The van der Waals surface area contributed by atoms with Crippen molar-refractivity contribution in [3.8, 4) is 0 Å². The molecule has 124 valence electrons. The van der Waals surface area contributed by atoms with Gasteiger partial charge in [-0.05, 0) is 38.9 Å². The number of nitrogens with one attached hydrogen (secondary N) is 2. The molecule has 1 heterocycles. The Balaban J connectivity index is 1.89. The fourth-order valence-electron chi connectivity index (χ4n) is 2.80. The minimum absolute atomic E-state index is 0.550. The minimum Gasteiger partial charge on any atom is -0.357 e. The van der Waals surface area contributed by atoms with Crippen LogP contribution in [-0.4, -0.2) is 34.5 Å². The fourth-order valence-corrected chi connectivity index (χ4v) is 4.68. The Morgan fingerprint density at radius 2 is 2.32 bits per heavy atom. The van der Waals surface area contributed by atoms with Crippen LogP contribution in [0.15, 0.2) is 11.2 Å². The summed E-state index contributed by atoms with van der Waals surface area (Å²) in [5.74, 6) is 2.15. The van der Waals surface area contributed by atoms with Gasteiger partial charge in [0.2, 0.25) is 0 Å². The highest BCUT2D eigenvalue weighted by Gasteiger charge is 2.22. The van der Waals surface area contributed by atoms with E-state index in [1.54, 1.807) is 11.3 Å². The third-order valence-corrected chi connectivity index (χ3v) is 5.89. The molecule has 1 aliphatic rings. The smallest absolute Gasteiger partial charge is 0.191 e. The SMILES string of the molecule is CCNC(=NCc1ncc(C)s1)NC1CCCC(SCC)C1. The predicted octanol–water partition coefficient (Wildman–Crippen LogP) is 3.57. The molecule has 22 heavy (non-hydrogen) atoms. The first-order valence-electron chi connectivity index (χ1n) is 8.29. The Kier molecular flexibility index (Phi) is 7.52. The van der Waals surface area contributed by atoms with Crippen molar-refractivity contribution in [2.24, 2.45) is 4.99 Å². The number of aliphatic imine (C=N–C) groups is 1. The second-order valence-corrected chi connectivity index (χ2v) is 8.54. The van der Waals surface area contributed by atoms with E-state index in [2.05, 4.69) is 48.2 Å². The molecule has 0 saturated heterocycles. The van der Waals surface area contributed by atoms with E-state index >= 15 is 0 Å². The molecule has 6 heteroatoms. The number of aryl methyl sites for hydroxylation is 1. The van der Waals surface area contributed by atoms with Gasteiger partial charge in [0.15, 0.2) is 5.96 Å². The molecule has 0 amide bonds. The van der Waals surface area contributed by atoms with Crippen LogP contribution in [0.25, 0.3) is 0 Å². The van der Waals surface area contributed by atoms with E-state index in [1.165, 1.54) is 36.3 Å². The first-order chi connectivity index (χ1) is 10.7. The molecule has 0 aliphatic heterocycles. The van der Waals surface area contributed by atoms with E-state index in [4.69, 9.17) is 4.99 Å². The summed E-state index contributed by atoms with van der Waals surface area (Å²) in [5.41, 5.74) is 0. The van der Waals surface area contributed by atoms with Crippen LogP contribution < -0.4 is 10.6 Å². The summed E-state index contributed by atoms with van der Waals surface area (Å²) in [5, 5.41) is 8.87. The lowest BCUT2D eigenvalue weighted by Crippen LogP contribution is -2.45. The van der Waals surface area contributed by atoms with Crippen LogP contribution in [0.4, 0.5) is 0 Å². The van der Waals surface area contributed by atoms with Gasteiger partial charge in [0.05, 0.1) is 6.54 Å². The molecular formula is C16H28N4S2. The standard InChI is InChI=1S/C16H28N4S2/c1-4-17-16(19-11-15-18-10-12(3)22-15)20-13-7-6-8-14(9-13)21-5-2/h10,13-14H,4-9,11H2,1-3H3,(H2,17,19,20). The fraction of sp³-hybridized carbons (Fsp3) is 0.750. The number of hydrogen-bond donors (Lipinski definition) is 2. The van der Waals surface area contributed by atoms with E-state index in [9.17, 15) is 0 Å². The Hall–Kier alpha value is -0.750. The lowest BCUT2D eigenvalue weighted by Gasteiger charge is -2.30. The van der Waals surface area contributed by atoms with Crippen molar-refractivity contribution in [2.45, 2.75) is 64.3 Å². The Morgan fingerprint density at radius 1 is 1.45 bits per heavy atom. The highest BCUT2D eigenvalue weighted by molar-refractivity contribution is 7.99. The van der Waals surface area contributed by atoms with Gasteiger partial charge in [-0.2, -0.15) is 11.8 Å². The average molecular weight is 341 g/mol. The maximum Gasteiger partial charge on any atom is 0.191 e. The van der Waals surface area contributed by atoms with Crippen molar-refractivity contribution in [1.82, 2.24) is 15.6 Å². The summed E-state index contributed by atoms with van der Waals surface area (Å²) in [7, 11) is 0. The number of thiazole rings is 1. The van der Waals surface area contributed by atoms with Crippen molar-refractivity contribution >= 4 is 29.1 Å².